The van der Waals surface area contributed by atoms with Crippen molar-refractivity contribution in [2.75, 3.05) is 37.6 Å². The molecule has 3 unspecified atom stereocenters. The fraction of sp³-hybridized carbons (Fsp3) is 0.545. The zero-order chi connectivity index (χ0) is 19.1. The maximum Gasteiger partial charge on any atom is 0.227 e. The fourth-order valence-corrected chi connectivity index (χ4v) is 4.43. The molecule has 1 N–H and O–H groups in total. The van der Waals surface area contributed by atoms with Gasteiger partial charge in [0.2, 0.25) is 12.2 Å². The van der Waals surface area contributed by atoms with Gasteiger partial charge in [-0.2, -0.15) is 0 Å². The molecule has 1 saturated heterocycles. The van der Waals surface area contributed by atoms with Gasteiger partial charge in [-0.05, 0) is 42.9 Å². The van der Waals surface area contributed by atoms with E-state index in [9.17, 15) is 5.11 Å². The van der Waals surface area contributed by atoms with Crippen LogP contribution in [0.25, 0.3) is 0 Å². The lowest BCUT2D eigenvalue weighted by atomic mass is 9.86. The van der Waals surface area contributed by atoms with E-state index < -0.39 is 6.29 Å². The Bertz CT molecular complexity index is 822. The first-order valence-electron chi connectivity index (χ1n) is 10.4. The molecule has 2 aliphatic carbocycles. The summed E-state index contributed by atoms with van der Waals surface area (Å²) in [5.74, 6) is 2.39. The van der Waals surface area contributed by atoms with Crippen LogP contribution < -0.4 is 4.90 Å². The minimum atomic E-state index is -0.887. The maximum absolute atomic E-state index is 10.6. The predicted octanol–water partition coefficient (Wildman–Crippen LogP) is 2.41. The van der Waals surface area contributed by atoms with Crippen molar-refractivity contribution in [3.05, 3.63) is 47.8 Å². The van der Waals surface area contributed by atoms with E-state index in [0.717, 1.165) is 49.2 Å². The Labute approximate surface area is 166 Å². The third kappa shape index (κ3) is 3.47. The topological polar surface area (TPSA) is 61.2 Å². The normalized spacial score (nSPS) is 30.4. The van der Waals surface area contributed by atoms with Crippen LogP contribution in [0.3, 0.4) is 0 Å². The van der Waals surface area contributed by atoms with E-state index >= 15 is 0 Å². The predicted molar refractivity (Wildman–Crippen MR) is 109 cm³/mol. The number of aliphatic hydroxyl groups is 1. The molecule has 0 radical (unpaired) electrons. The number of hydrogen-bond donors (Lipinski definition) is 1. The van der Waals surface area contributed by atoms with Crippen LogP contribution >= 0.6 is 0 Å². The summed E-state index contributed by atoms with van der Waals surface area (Å²) < 4.78 is 5.88. The van der Waals surface area contributed by atoms with Gasteiger partial charge < -0.3 is 14.7 Å². The highest BCUT2D eigenvalue weighted by molar-refractivity contribution is 6.00. The van der Waals surface area contributed by atoms with E-state index in [4.69, 9.17) is 9.73 Å². The first-order chi connectivity index (χ1) is 13.7. The van der Waals surface area contributed by atoms with Crippen LogP contribution in [-0.4, -0.2) is 59.9 Å². The SMILES string of the molecule is CC1C=CC=C2N=C(c3cccnc3N3CCN(CC4CC4)CC3)OC(O)C21. The number of aliphatic imine (C=N–C) groups is 1. The van der Waals surface area contributed by atoms with Gasteiger partial charge in [0.25, 0.3) is 0 Å². The number of allylic oxidation sites excluding steroid dienone is 3. The number of rotatable bonds is 4. The van der Waals surface area contributed by atoms with E-state index in [1.54, 1.807) is 0 Å². The van der Waals surface area contributed by atoms with Crippen molar-refractivity contribution in [3.63, 3.8) is 0 Å². The second-order valence-corrected chi connectivity index (χ2v) is 8.39. The van der Waals surface area contributed by atoms with Crippen molar-refractivity contribution in [3.8, 4) is 0 Å². The molecular weight excluding hydrogens is 352 g/mol. The molecule has 0 bridgehead atoms. The molecule has 1 saturated carbocycles. The van der Waals surface area contributed by atoms with E-state index in [-0.39, 0.29) is 11.8 Å². The molecule has 1 aromatic heterocycles. The largest absolute Gasteiger partial charge is 0.447 e. The Morgan fingerprint density at radius 1 is 1.21 bits per heavy atom. The van der Waals surface area contributed by atoms with Gasteiger partial charge in [0.15, 0.2) is 0 Å². The number of fused-ring (bicyclic) bond motifs is 1. The van der Waals surface area contributed by atoms with E-state index in [1.165, 1.54) is 19.4 Å². The minimum absolute atomic E-state index is 0.111. The smallest absolute Gasteiger partial charge is 0.227 e. The highest BCUT2D eigenvalue weighted by Crippen LogP contribution is 2.36. The van der Waals surface area contributed by atoms with Crippen LogP contribution in [0.5, 0.6) is 0 Å². The first kappa shape index (κ1) is 17.9. The van der Waals surface area contributed by atoms with E-state index in [1.807, 2.05) is 30.5 Å². The summed E-state index contributed by atoms with van der Waals surface area (Å²) >= 11 is 0. The molecule has 6 heteroatoms. The van der Waals surface area contributed by atoms with Crippen LogP contribution in [0.4, 0.5) is 5.82 Å². The Morgan fingerprint density at radius 3 is 2.82 bits per heavy atom. The molecule has 148 valence electrons. The zero-order valence-corrected chi connectivity index (χ0v) is 16.4. The van der Waals surface area contributed by atoms with Crippen LogP contribution in [0, 0.1) is 17.8 Å². The number of pyridine rings is 1. The summed E-state index contributed by atoms with van der Waals surface area (Å²) in [6.07, 6.45) is 9.80. The average molecular weight is 380 g/mol. The Morgan fingerprint density at radius 2 is 2.04 bits per heavy atom. The number of piperazine rings is 1. The standard InChI is InChI=1S/C22H28N4O2/c1-15-4-2-6-18-19(15)22(27)28-21(24-18)17-5-3-9-23-20(17)26-12-10-25(11-13-26)14-16-7-8-16/h2-6,9,15-16,19,22,27H,7-8,10-14H2,1H3. The van der Waals surface area contributed by atoms with Crippen molar-refractivity contribution in [1.29, 1.82) is 0 Å². The number of anilines is 1. The quantitative estimate of drug-likeness (QED) is 0.869. The Balaban J connectivity index is 1.38. The second-order valence-electron chi connectivity index (χ2n) is 8.39. The summed E-state index contributed by atoms with van der Waals surface area (Å²) in [6.45, 7) is 7.37. The first-order valence-corrected chi connectivity index (χ1v) is 10.4. The van der Waals surface area contributed by atoms with Crippen LogP contribution in [0.1, 0.15) is 25.3 Å². The molecule has 5 rings (SSSR count). The molecule has 3 heterocycles. The zero-order valence-electron chi connectivity index (χ0n) is 16.4. The van der Waals surface area contributed by atoms with Crippen LogP contribution in [-0.2, 0) is 4.74 Å². The monoisotopic (exact) mass is 380 g/mol. The third-order valence-electron chi connectivity index (χ3n) is 6.26. The molecule has 2 fully saturated rings. The number of nitrogens with zero attached hydrogens (tertiary/aromatic N) is 4. The second kappa shape index (κ2) is 7.33. The van der Waals surface area contributed by atoms with Gasteiger partial charge in [0, 0.05) is 38.9 Å². The van der Waals surface area contributed by atoms with Gasteiger partial charge in [-0.3, -0.25) is 4.90 Å². The number of hydrogen-bond acceptors (Lipinski definition) is 6. The Kier molecular flexibility index (Phi) is 4.69. The highest BCUT2D eigenvalue weighted by atomic mass is 16.6. The summed E-state index contributed by atoms with van der Waals surface area (Å²) in [7, 11) is 0. The lowest BCUT2D eigenvalue weighted by Gasteiger charge is -2.37. The van der Waals surface area contributed by atoms with Gasteiger partial charge in [0.05, 0.1) is 17.2 Å². The lowest BCUT2D eigenvalue weighted by molar-refractivity contribution is -0.0770. The Hall–Kier alpha value is -2.18. The molecule has 0 spiro atoms. The average Bonchev–Trinajstić information content (AvgIpc) is 3.52. The van der Waals surface area contributed by atoms with Gasteiger partial charge in [0.1, 0.15) is 5.82 Å². The number of aromatic nitrogens is 1. The number of ether oxygens (including phenoxy) is 1. The summed E-state index contributed by atoms with van der Waals surface area (Å²) in [5, 5.41) is 10.6. The third-order valence-corrected chi connectivity index (χ3v) is 6.26. The van der Waals surface area contributed by atoms with Gasteiger partial charge >= 0.3 is 0 Å². The minimum Gasteiger partial charge on any atom is -0.447 e. The van der Waals surface area contributed by atoms with Gasteiger partial charge in [-0.25, -0.2) is 9.98 Å². The van der Waals surface area contributed by atoms with Crippen LogP contribution in [0.2, 0.25) is 0 Å². The summed E-state index contributed by atoms with van der Waals surface area (Å²) in [4.78, 5) is 14.3. The molecule has 4 aliphatic rings. The van der Waals surface area contributed by atoms with Gasteiger partial charge in [-0.1, -0.05) is 19.1 Å². The molecule has 0 aromatic carbocycles. The molecule has 6 nitrogen and oxygen atoms in total. The van der Waals surface area contributed by atoms with Crippen molar-refractivity contribution in [1.82, 2.24) is 9.88 Å². The molecule has 3 atom stereocenters. The van der Waals surface area contributed by atoms with E-state index in [0.29, 0.717) is 5.90 Å². The fourth-order valence-electron chi connectivity index (χ4n) is 4.43. The summed E-state index contributed by atoms with van der Waals surface area (Å²) in [6, 6.07) is 3.90. The molecule has 2 aliphatic heterocycles. The van der Waals surface area contributed by atoms with Crippen molar-refractivity contribution in [2.45, 2.75) is 26.1 Å². The van der Waals surface area contributed by atoms with Crippen LogP contribution in [0.15, 0.2) is 47.2 Å². The van der Waals surface area contributed by atoms with Crippen molar-refractivity contribution >= 4 is 11.7 Å². The van der Waals surface area contributed by atoms with Gasteiger partial charge in [-0.15, -0.1) is 0 Å². The maximum atomic E-state index is 10.6. The molecular formula is C22H28N4O2. The molecule has 0 amide bonds. The van der Waals surface area contributed by atoms with E-state index in [2.05, 4.69) is 27.8 Å². The van der Waals surface area contributed by atoms with Crippen molar-refractivity contribution < 1.29 is 9.84 Å². The number of aliphatic hydroxyl groups excluding tert-OH is 1. The highest BCUT2D eigenvalue weighted by Gasteiger charge is 2.37. The van der Waals surface area contributed by atoms with Crippen molar-refractivity contribution in [2.24, 2.45) is 22.7 Å². The molecule has 1 aromatic rings. The summed E-state index contributed by atoms with van der Waals surface area (Å²) in [5.41, 5.74) is 1.74. The lowest BCUT2D eigenvalue weighted by Crippen LogP contribution is -2.47. The molecule has 28 heavy (non-hydrogen) atoms.